The van der Waals surface area contributed by atoms with Crippen LogP contribution in [0.2, 0.25) is 0 Å². The third-order valence-electron chi connectivity index (χ3n) is 1.64. The number of aliphatic hydroxyl groups is 1. The van der Waals surface area contributed by atoms with Crippen LogP contribution >= 0.6 is 15.9 Å². The lowest BCUT2D eigenvalue weighted by molar-refractivity contribution is 0.275. The first-order valence-electron chi connectivity index (χ1n) is 3.63. The monoisotopic (exact) mass is 243 g/mol. The number of halogens is 2. The summed E-state index contributed by atoms with van der Waals surface area (Å²) in [5.41, 5.74) is 0.825. The van der Waals surface area contributed by atoms with Crippen molar-refractivity contribution in [2.45, 2.75) is 13.0 Å². The summed E-state index contributed by atoms with van der Waals surface area (Å²) in [7, 11) is 0. The normalized spacial score (nSPS) is 9.69. The highest BCUT2D eigenvalue weighted by molar-refractivity contribution is 9.10. The van der Waals surface area contributed by atoms with Crippen LogP contribution in [0.4, 0.5) is 4.39 Å². The molecule has 0 saturated carbocycles. The molecule has 1 aromatic rings. The highest BCUT2D eigenvalue weighted by atomic mass is 79.9. The van der Waals surface area contributed by atoms with Gasteiger partial charge in [0.15, 0.2) is 0 Å². The maximum absolute atomic E-state index is 13.1. The number of benzene rings is 1. The maximum Gasteiger partial charge on any atom is 0.130 e. The summed E-state index contributed by atoms with van der Waals surface area (Å²) >= 11 is 3.12. The van der Waals surface area contributed by atoms with Gasteiger partial charge < -0.3 is 5.11 Å². The van der Waals surface area contributed by atoms with E-state index in [0.717, 1.165) is 0 Å². The minimum atomic E-state index is -0.484. The van der Waals surface area contributed by atoms with Gasteiger partial charge in [0, 0.05) is 10.0 Å². The Morgan fingerprint density at radius 2 is 2.23 bits per heavy atom. The second-order valence-corrected chi connectivity index (χ2v) is 3.39. The van der Waals surface area contributed by atoms with Gasteiger partial charge >= 0.3 is 0 Å². The summed E-state index contributed by atoms with van der Waals surface area (Å²) in [4.78, 5) is 0. The highest BCUT2D eigenvalue weighted by Gasteiger charge is 2.07. The van der Waals surface area contributed by atoms with Crippen LogP contribution in [0.3, 0.4) is 0 Å². The quantitative estimate of drug-likeness (QED) is 0.866. The molecule has 0 aliphatic heterocycles. The molecule has 0 heterocycles. The molecule has 0 unspecified atom stereocenters. The Morgan fingerprint density at radius 3 is 2.69 bits per heavy atom. The van der Waals surface area contributed by atoms with Crippen molar-refractivity contribution >= 4 is 15.9 Å². The van der Waals surface area contributed by atoms with E-state index in [4.69, 9.17) is 10.4 Å². The molecule has 68 valence electrons. The van der Waals surface area contributed by atoms with Gasteiger partial charge in [-0.25, -0.2) is 4.39 Å². The first-order valence-corrected chi connectivity index (χ1v) is 4.43. The van der Waals surface area contributed by atoms with Crippen LogP contribution in [0, 0.1) is 17.1 Å². The van der Waals surface area contributed by atoms with Crippen molar-refractivity contribution in [2.75, 3.05) is 0 Å². The molecular weight excluding hydrogens is 237 g/mol. The van der Waals surface area contributed by atoms with E-state index in [1.807, 2.05) is 6.07 Å². The molecule has 0 amide bonds. The molecule has 0 bridgehead atoms. The molecule has 1 aromatic carbocycles. The van der Waals surface area contributed by atoms with Gasteiger partial charge in [-0.05, 0) is 17.7 Å². The van der Waals surface area contributed by atoms with E-state index >= 15 is 0 Å². The molecule has 2 nitrogen and oxygen atoms in total. The Bertz CT molecular complexity index is 336. The molecule has 1 N–H and O–H groups in total. The second kappa shape index (κ2) is 4.35. The summed E-state index contributed by atoms with van der Waals surface area (Å²) < 4.78 is 13.6. The lowest BCUT2D eigenvalue weighted by Crippen LogP contribution is -1.94. The molecule has 4 heteroatoms. The summed E-state index contributed by atoms with van der Waals surface area (Å²) in [5.74, 6) is -0.484. The summed E-state index contributed by atoms with van der Waals surface area (Å²) in [6, 6.07) is 4.83. The summed E-state index contributed by atoms with van der Waals surface area (Å²) in [6.45, 7) is -0.348. The van der Waals surface area contributed by atoms with E-state index in [2.05, 4.69) is 15.9 Å². The molecule has 1 rings (SSSR count). The first kappa shape index (κ1) is 10.2. The van der Waals surface area contributed by atoms with Crippen molar-refractivity contribution in [1.82, 2.24) is 0 Å². The molecular formula is C9H7BrFNO. The minimum absolute atomic E-state index is 0.168. The summed E-state index contributed by atoms with van der Waals surface area (Å²) in [5, 5.41) is 17.2. The minimum Gasteiger partial charge on any atom is -0.392 e. The molecule has 0 spiro atoms. The molecule has 0 radical (unpaired) electrons. The average molecular weight is 244 g/mol. The SMILES string of the molecule is N#CCc1cc(F)c(CO)c(Br)c1. The number of aliphatic hydroxyl groups excluding tert-OH is 1. The van der Waals surface area contributed by atoms with Crippen LogP contribution in [0.15, 0.2) is 16.6 Å². The van der Waals surface area contributed by atoms with Gasteiger partial charge in [-0.2, -0.15) is 5.26 Å². The van der Waals surface area contributed by atoms with Gasteiger partial charge in [0.1, 0.15) is 5.82 Å². The van der Waals surface area contributed by atoms with Crippen molar-refractivity contribution in [2.24, 2.45) is 0 Å². The zero-order valence-corrected chi connectivity index (χ0v) is 8.31. The van der Waals surface area contributed by atoms with Gasteiger partial charge in [-0.1, -0.05) is 15.9 Å². The first-order chi connectivity index (χ1) is 6.19. The van der Waals surface area contributed by atoms with E-state index < -0.39 is 5.82 Å². The third kappa shape index (κ3) is 2.27. The lowest BCUT2D eigenvalue weighted by Gasteiger charge is -2.04. The van der Waals surface area contributed by atoms with Crippen LogP contribution in [0.1, 0.15) is 11.1 Å². The molecule has 0 aliphatic rings. The Hall–Kier alpha value is -0.920. The van der Waals surface area contributed by atoms with E-state index in [1.165, 1.54) is 6.07 Å². The van der Waals surface area contributed by atoms with Gasteiger partial charge in [0.2, 0.25) is 0 Å². The van der Waals surface area contributed by atoms with Crippen molar-refractivity contribution in [3.05, 3.63) is 33.5 Å². The highest BCUT2D eigenvalue weighted by Crippen LogP contribution is 2.22. The molecule has 0 fully saturated rings. The van der Waals surface area contributed by atoms with E-state index in [1.54, 1.807) is 6.07 Å². The number of nitrogens with zero attached hydrogens (tertiary/aromatic N) is 1. The maximum atomic E-state index is 13.1. The summed E-state index contributed by atoms with van der Waals surface area (Å²) in [6.07, 6.45) is 0.168. The molecule has 0 aromatic heterocycles. The second-order valence-electron chi connectivity index (χ2n) is 2.53. The average Bonchev–Trinajstić information content (AvgIpc) is 2.04. The fourth-order valence-corrected chi connectivity index (χ4v) is 1.61. The predicted molar refractivity (Wildman–Crippen MR) is 49.3 cm³/mol. The Kier molecular flexibility index (Phi) is 3.40. The topological polar surface area (TPSA) is 44.0 Å². The van der Waals surface area contributed by atoms with Crippen molar-refractivity contribution in [3.63, 3.8) is 0 Å². The van der Waals surface area contributed by atoms with Crippen LogP contribution in [-0.4, -0.2) is 5.11 Å². The smallest absolute Gasteiger partial charge is 0.130 e. The van der Waals surface area contributed by atoms with Crippen LogP contribution < -0.4 is 0 Å². The number of rotatable bonds is 2. The van der Waals surface area contributed by atoms with E-state index in [0.29, 0.717) is 10.0 Å². The van der Waals surface area contributed by atoms with Gasteiger partial charge in [0.05, 0.1) is 19.1 Å². The van der Waals surface area contributed by atoms with E-state index in [9.17, 15) is 4.39 Å². The standard InChI is InChI=1S/C9H7BrFNO/c10-8-3-6(1-2-12)4-9(11)7(8)5-13/h3-4,13H,1,5H2. The Morgan fingerprint density at radius 1 is 1.54 bits per heavy atom. The van der Waals surface area contributed by atoms with Crippen LogP contribution in [-0.2, 0) is 13.0 Å². The van der Waals surface area contributed by atoms with Gasteiger partial charge in [-0.15, -0.1) is 0 Å². The molecule has 0 aliphatic carbocycles. The molecule has 0 saturated heterocycles. The predicted octanol–water partition coefficient (Wildman–Crippen LogP) is 2.15. The zero-order chi connectivity index (χ0) is 9.84. The molecule has 0 atom stereocenters. The zero-order valence-electron chi connectivity index (χ0n) is 6.72. The van der Waals surface area contributed by atoms with Crippen molar-refractivity contribution in [1.29, 1.82) is 5.26 Å². The van der Waals surface area contributed by atoms with Crippen molar-refractivity contribution < 1.29 is 9.50 Å². The molecule has 13 heavy (non-hydrogen) atoms. The van der Waals surface area contributed by atoms with Crippen LogP contribution in [0.25, 0.3) is 0 Å². The number of hydrogen-bond acceptors (Lipinski definition) is 2. The van der Waals surface area contributed by atoms with Gasteiger partial charge in [-0.3, -0.25) is 0 Å². The lowest BCUT2D eigenvalue weighted by atomic mass is 10.1. The Balaban J connectivity index is 3.14. The third-order valence-corrected chi connectivity index (χ3v) is 2.35. The largest absolute Gasteiger partial charge is 0.392 e. The number of nitriles is 1. The van der Waals surface area contributed by atoms with Crippen LogP contribution in [0.5, 0.6) is 0 Å². The fraction of sp³-hybridized carbons (Fsp3) is 0.222. The Labute approximate surface area is 83.7 Å². The fourth-order valence-electron chi connectivity index (χ4n) is 1.000. The van der Waals surface area contributed by atoms with E-state index in [-0.39, 0.29) is 18.6 Å². The van der Waals surface area contributed by atoms with Gasteiger partial charge in [0.25, 0.3) is 0 Å². The number of hydrogen-bond donors (Lipinski definition) is 1. The van der Waals surface area contributed by atoms with Crippen molar-refractivity contribution in [3.8, 4) is 6.07 Å².